The van der Waals surface area contributed by atoms with Crippen molar-refractivity contribution in [3.8, 4) is 0 Å². The topological polar surface area (TPSA) is 67.4 Å². The van der Waals surface area contributed by atoms with E-state index in [1.165, 1.54) is 7.11 Å². The summed E-state index contributed by atoms with van der Waals surface area (Å²) in [6.45, 7) is 3.73. The third-order valence-electron chi connectivity index (χ3n) is 3.54. The highest BCUT2D eigenvalue weighted by molar-refractivity contribution is 5.92. The van der Waals surface area contributed by atoms with Crippen LogP contribution in [0.25, 0.3) is 0 Å². The molecule has 5 heteroatoms. The molecule has 5 nitrogen and oxygen atoms in total. The van der Waals surface area contributed by atoms with Gasteiger partial charge >= 0.3 is 6.09 Å². The lowest BCUT2D eigenvalue weighted by atomic mass is 10.0. The van der Waals surface area contributed by atoms with E-state index in [0.717, 1.165) is 23.2 Å². The molecule has 2 aromatic rings. The molecule has 2 aromatic carbocycles. The molecule has 0 fully saturated rings. The van der Waals surface area contributed by atoms with Gasteiger partial charge in [0, 0.05) is 20.1 Å². The van der Waals surface area contributed by atoms with E-state index in [9.17, 15) is 9.59 Å². The number of carbonyl (C=O) groups is 2. The number of ether oxygens (including phenoxy) is 1. The molecule has 130 valence electrons. The largest absolute Gasteiger partial charge is 0.453 e. The van der Waals surface area contributed by atoms with E-state index in [1.807, 2.05) is 62.4 Å². The van der Waals surface area contributed by atoms with Gasteiger partial charge in [0.05, 0.1) is 7.11 Å². The van der Waals surface area contributed by atoms with Crippen LogP contribution in [0.15, 0.2) is 48.5 Å². The normalized spacial score (nSPS) is 10.3. The lowest BCUT2D eigenvalue weighted by Gasteiger charge is -2.09. The maximum absolute atomic E-state index is 11.7. The average molecular weight is 330 g/mol. The van der Waals surface area contributed by atoms with E-state index < -0.39 is 6.09 Å². The van der Waals surface area contributed by atoms with Crippen LogP contribution >= 0.6 is 0 Å². The number of anilines is 2. The van der Waals surface area contributed by atoms with Crippen molar-refractivity contribution in [3.63, 3.8) is 0 Å². The summed E-state index contributed by atoms with van der Waals surface area (Å²) in [6.07, 6.45) is 0.290. The van der Waals surface area contributed by atoms with Crippen molar-refractivity contribution in [2.45, 2.75) is 20.3 Å². The average Bonchev–Trinajstić information content (AvgIpc) is 2.58. The molecule has 0 spiro atoms. The van der Waals surface area contributed by atoms with E-state index in [-0.39, 0.29) is 14.7 Å². The van der Waals surface area contributed by atoms with Gasteiger partial charge in [0.1, 0.15) is 0 Å². The summed E-state index contributed by atoms with van der Waals surface area (Å²) in [5.74, 6) is -0.0294. The van der Waals surface area contributed by atoms with Crippen molar-refractivity contribution < 1.29 is 17.2 Å². The highest BCUT2D eigenvalue weighted by atomic mass is 16.5. The summed E-state index contributed by atoms with van der Waals surface area (Å²) >= 11 is 0. The van der Waals surface area contributed by atoms with Gasteiger partial charge in [0.2, 0.25) is 5.91 Å². The Bertz CT molecular complexity index is 702. The maximum Gasteiger partial charge on any atom is 0.411 e. The van der Waals surface area contributed by atoms with Crippen LogP contribution < -0.4 is 10.6 Å². The Hall–Kier alpha value is -2.82. The van der Waals surface area contributed by atoms with Crippen molar-refractivity contribution in [1.82, 2.24) is 0 Å². The number of methoxy groups -OCH3 is 1. The fourth-order valence-corrected chi connectivity index (χ4v) is 2.10. The second kappa shape index (κ2) is 8.15. The van der Waals surface area contributed by atoms with Crippen LogP contribution in [0.3, 0.4) is 0 Å². The van der Waals surface area contributed by atoms with Gasteiger partial charge in [0.25, 0.3) is 0 Å². The molecule has 2 amide bonds. The summed E-state index contributed by atoms with van der Waals surface area (Å²) < 4.78 is 4.55. The Balaban J connectivity index is 0.00000312. The zero-order chi connectivity index (χ0) is 17.5. The third-order valence-corrected chi connectivity index (χ3v) is 3.54. The molecule has 2 rings (SSSR count). The fraction of sp³-hybridized carbons (Fsp3) is 0.263. The molecule has 0 aliphatic carbocycles. The summed E-state index contributed by atoms with van der Waals surface area (Å²) in [6, 6.07) is 15.4. The summed E-state index contributed by atoms with van der Waals surface area (Å²) in [7, 11) is 1.33. The van der Waals surface area contributed by atoms with Gasteiger partial charge in [-0.25, -0.2) is 4.79 Å². The Morgan fingerprint density at radius 3 is 1.79 bits per heavy atom. The molecule has 0 saturated carbocycles. The second-order valence-corrected chi connectivity index (χ2v) is 5.83. The zero-order valence-electron chi connectivity index (χ0n) is 14.1. The summed E-state index contributed by atoms with van der Waals surface area (Å²) in [4.78, 5) is 22.8. The van der Waals surface area contributed by atoms with Crippen LogP contribution in [0.5, 0.6) is 0 Å². The van der Waals surface area contributed by atoms with Crippen LogP contribution in [0.2, 0.25) is 0 Å². The first-order chi connectivity index (χ1) is 11.5. The van der Waals surface area contributed by atoms with E-state index in [0.29, 0.717) is 5.69 Å². The summed E-state index contributed by atoms with van der Waals surface area (Å²) in [5.41, 5.74) is 3.77. The molecule has 0 unspecified atom stereocenters. The number of benzene rings is 2. The molecular weight excluding hydrogens is 304 g/mol. The van der Waals surface area contributed by atoms with Crippen molar-refractivity contribution in [2.75, 3.05) is 17.7 Å². The lowest BCUT2D eigenvalue weighted by molar-refractivity contribution is -0.118. The number of hydrogen-bond donors (Lipinski definition) is 2. The highest BCUT2D eigenvalue weighted by Gasteiger charge is 2.07. The SMILES string of the molecule is COC(=O)Nc1ccc(Cc2ccc(NC(=O)C(C)C)cc2)cc1.[HH].[HH]. The predicted octanol–water partition coefficient (Wildman–Crippen LogP) is 4.54. The zero-order valence-corrected chi connectivity index (χ0v) is 14.1. The first kappa shape index (κ1) is 17.5. The first-order valence-electron chi connectivity index (χ1n) is 7.81. The van der Waals surface area contributed by atoms with Crippen molar-refractivity contribution in [1.29, 1.82) is 0 Å². The monoisotopic (exact) mass is 330 g/mol. The Morgan fingerprint density at radius 1 is 0.917 bits per heavy atom. The number of rotatable bonds is 5. The van der Waals surface area contributed by atoms with Crippen molar-refractivity contribution in [2.24, 2.45) is 5.92 Å². The van der Waals surface area contributed by atoms with Crippen LogP contribution in [-0.2, 0) is 16.0 Å². The van der Waals surface area contributed by atoms with Crippen LogP contribution in [0.4, 0.5) is 16.2 Å². The molecule has 0 aliphatic rings. The van der Waals surface area contributed by atoms with Gasteiger partial charge in [-0.2, -0.15) is 0 Å². The van der Waals surface area contributed by atoms with Crippen LogP contribution in [0.1, 0.15) is 27.8 Å². The Labute approximate surface area is 145 Å². The third kappa shape index (κ3) is 5.12. The minimum atomic E-state index is -0.484. The Morgan fingerprint density at radius 2 is 1.38 bits per heavy atom. The van der Waals surface area contributed by atoms with E-state index >= 15 is 0 Å². The van der Waals surface area contributed by atoms with Gasteiger partial charge in [-0.05, 0) is 41.8 Å². The molecule has 0 heterocycles. The highest BCUT2D eigenvalue weighted by Crippen LogP contribution is 2.16. The van der Waals surface area contributed by atoms with Gasteiger partial charge in [-0.15, -0.1) is 0 Å². The van der Waals surface area contributed by atoms with Gasteiger partial charge in [0.15, 0.2) is 0 Å². The molecule has 24 heavy (non-hydrogen) atoms. The summed E-state index contributed by atoms with van der Waals surface area (Å²) in [5, 5.41) is 5.49. The standard InChI is InChI=1S/C19H22N2O3.2H2/c1-13(2)18(22)20-16-8-4-14(5-9-16)12-15-6-10-17(11-7-15)21-19(23)24-3;;/h4-11,13H,12H2,1-3H3,(H,20,22)(H,21,23);2*1H. The quantitative estimate of drug-likeness (QED) is 0.845. The molecule has 0 aromatic heterocycles. The van der Waals surface area contributed by atoms with E-state index in [4.69, 9.17) is 0 Å². The minimum absolute atomic E-state index is 0. The van der Waals surface area contributed by atoms with Gasteiger partial charge in [-0.3, -0.25) is 10.1 Å². The molecule has 2 N–H and O–H groups in total. The van der Waals surface area contributed by atoms with Crippen molar-refractivity contribution >= 4 is 23.4 Å². The predicted molar refractivity (Wildman–Crippen MR) is 99.4 cm³/mol. The Kier molecular flexibility index (Phi) is 5.95. The fourth-order valence-electron chi connectivity index (χ4n) is 2.10. The van der Waals surface area contributed by atoms with Crippen LogP contribution in [0, 0.1) is 5.92 Å². The smallest absolute Gasteiger partial charge is 0.411 e. The first-order valence-corrected chi connectivity index (χ1v) is 7.81. The molecule has 0 atom stereocenters. The van der Waals surface area contributed by atoms with E-state index in [1.54, 1.807) is 0 Å². The van der Waals surface area contributed by atoms with Crippen LogP contribution in [-0.4, -0.2) is 19.1 Å². The van der Waals surface area contributed by atoms with E-state index in [2.05, 4.69) is 15.4 Å². The molecule has 0 radical (unpaired) electrons. The molecular formula is C19H26N2O3. The number of amides is 2. The van der Waals surface area contributed by atoms with Crippen molar-refractivity contribution in [3.05, 3.63) is 59.7 Å². The molecule has 0 saturated heterocycles. The second-order valence-electron chi connectivity index (χ2n) is 5.83. The lowest BCUT2D eigenvalue weighted by Crippen LogP contribution is -2.17. The number of hydrogen-bond acceptors (Lipinski definition) is 3. The van der Waals surface area contributed by atoms with Gasteiger partial charge in [-0.1, -0.05) is 38.1 Å². The minimum Gasteiger partial charge on any atom is -0.453 e. The van der Waals surface area contributed by atoms with Gasteiger partial charge < -0.3 is 10.1 Å². The molecule has 0 bridgehead atoms. The number of nitrogens with one attached hydrogen (secondary N) is 2. The molecule has 0 aliphatic heterocycles. The number of carbonyl (C=O) groups excluding carboxylic acids is 2. The maximum atomic E-state index is 11.7.